The summed E-state index contributed by atoms with van der Waals surface area (Å²) in [6.45, 7) is 2.80. The Labute approximate surface area is 112 Å². The highest BCUT2D eigenvalue weighted by molar-refractivity contribution is 7.89. The van der Waals surface area contributed by atoms with Gasteiger partial charge < -0.3 is 4.74 Å². The minimum Gasteiger partial charge on any atom is -0.462 e. The van der Waals surface area contributed by atoms with Crippen molar-refractivity contribution in [1.82, 2.24) is 14.5 Å². The number of aromatic amines is 1. The molecule has 0 saturated carbocycles. The van der Waals surface area contributed by atoms with Crippen LogP contribution in [0.4, 0.5) is 0 Å². The van der Waals surface area contributed by atoms with E-state index in [0.29, 0.717) is 13.1 Å². The van der Waals surface area contributed by atoms with Crippen LogP contribution in [0.1, 0.15) is 36.5 Å². The molecule has 2 heterocycles. The fourth-order valence-electron chi connectivity index (χ4n) is 2.06. The first-order chi connectivity index (χ1) is 9.07. The van der Waals surface area contributed by atoms with Gasteiger partial charge in [-0.3, -0.25) is 5.10 Å². The Balaban J connectivity index is 2.30. The van der Waals surface area contributed by atoms with Gasteiger partial charge in [-0.1, -0.05) is 6.42 Å². The third-order valence-electron chi connectivity index (χ3n) is 3.01. The molecule has 1 aliphatic rings. The van der Waals surface area contributed by atoms with Crippen LogP contribution in [0.2, 0.25) is 0 Å². The molecule has 2 rings (SSSR count). The average Bonchev–Trinajstić information content (AvgIpc) is 2.90. The Morgan fingerprint density at radius 1 is 1.42 bits per heavy atom. The number of hydrogen-bond donors (Lipinski definition) is 1. The van der Waals surface area contributed by atoms with E-state index in [1.54, 1.807) is 6.92 Å². The van der Waals surface area contributed by atoms with Crippen molar-refractivity contribution in [2.24, 2.45) is 0 Å². The molecule has 8 heteroatoms. The van der Waals surface area contributed by atoms with E-state index in [1.807, 2.05) is 0 Å². The molecule has 7 nitrogen and oxygen atoms in total. The lowest BCUT2D eigenvalue weighted by molar-refractivity contribution is 0.0521. The third kappa shape index (κ3) is 2.79. The summed E-state index contributed by atoms with van der Waals surface area (Å²) in [7, 11) is -3.70. The molecule has 19 heavy (non-hydrogen) atoms. The van der Waals surface area contributed by atoms with Crippen LogP contribution in [0.5, 0.6) is 0 Å². The number of hydrogen-bond acceptors (Lipinski definition) is 5. The van der Waals surface area contributed by atoms with Crippen LogP contribution >= 0.6 is 0 Å². The fourth-order valence-corrected chi connectivity index (χ4v) is 3.64. The predicted molar refractivity (Wildman–Crippen MR) is 67.2 cm³/mol. The largest absolute Gasteiger partial charge is 0.462 e. The molecule has 0 spiro atoms. The molecule has 1 aromatic rings. The van der Waals surface area contributed by atoms with Gasteiger partial charge in [0.25, 0.3) is 10.0 Å². The Morgan fingerprint density at radius 3 is 2.74 bits per heavy atom. The number of ether oxygens (including phenoxy) is 1. The van der Waals surface area contributed by atoms with E-state index in [2.05, 4.69) is 10.2 Å². The second-order valence-corrected chi connectivity index (χ2v) is 6.17. The maximum atomic E-state index is 12.4. The Kier molecular flexibility index (Phi) is 4.20. The predicted octanol–water partition coefficient (Wildman–Crippen LogP) is 0.761. The highest BCUT2D eigenvalue weighted by Gasteiger charge is 2.32. The number of esters is 1. The molecule has 1 aliphatic heterocycles. The summed E-state index contributed by atoms with van der Waals surface area (Å²) in [5, 5.41) is 5.88. The molecule has 0 amide bonds. The second-order valence-electron chi connectivity index (χ2n) is 4.30. The first-order valence-electron chi connectivity index (χ1n) is 6.28. The molecule has 1 N–H and O–H groups in total. The highest BCUT2D eigenvalue weighted by Crippen LogP contribution is 2.22. The number of H-pyrrole nitrogens is 1. The number of nitrogens with one attached hydrogen (secondary N) is 1. The van der Waals surface area contributed by atoms with Crippen LogP contribution < -0.4 is 0 Å². The first-order valence-corrected chi connectivity index (χ1v) is 7.72. The van der Waals surface area contributed by atoms with Gasteiger partial charge in [0.1, 0.15) is 5.56 Å². The van der Waals surface area contributed by atoms with Crippen molar-refractivity contribution >= 4 is 16.0 Å². The topological polar surface area (TPSA) is 92.4 Å². The maximum Gasteiger partial charge on any atom is 0.342 e. The number of piperidine rings is 1. The zero-order valence-corrected chi connectivity index (χ0v) is 11.6. The minimum atomic E-state index is -3.70. The number of sulfonamides is 1. The van der Waals surface area contributed by atoms with Gasteiger partial charge in [0.2, 0.25) is 0 Å². The average molecular weight is 287 g/mol. The van der Waals surface area contributed by atoms with E-state index < -0.39 is 16.0 Å². The van der Waals surface area contributed by atoms with Crippen LogP contribution in [-0.4, -0.2) is 48.6 Å². The van der Waals surface area contributed by atoms with E-state index >= 15 is 0 Å². The van der Waals surface area contributed by atoms with E-state index in [-0.39, 0.29) is 17.2 Å². The number of nitrogens with zero attached hydrogens (tertiary/aromatic N) is 2. The molecule has 1 aromatic heterocycles. The number of carbonyl (C=O) groups is 1. The van der Waals surface area contributed by atoms with Gasteiger partial charge in [-0.15, -0.1) is 0 Å². The van der Waals surface area contributed by atoms with Crippen molar-refractivity contribution in [3.8, 4) is 0 Å². The maximum absolute atomic E-state index is 12.4. The lowest BCUT2D eigenvalue weighted by Gasteiger charge is -2.25. The van der Waals surface area contributed by atoms with Gasteiger partial charge in [-0.05, 0) is 19.8 Å². The molecular formula is C11H17N3O4S. The molecule has 0 atom stereocenters. The summed E-state index contributed by atoms with van der Waals surface area (Å²) >= 11 is 0. The normalized spacial score (nSPS) is 17.3. The molecule has 0 aliphatic carbocycles. The molecule has 0 aromatic carbocycles. The van der Waals surface area contributed by atoms with Crippen molar-refractivity contribution in [1.29, 1.82) is 0 Å². The summed E-state index contributed by atoms with van der Waals surface area (Å²) in [5.41, 5.74) is -0.0348. The van der Waals surface area contributed by atoms with E-state index in [9.17, 15) is 13.2 Å². The van der Waals surface area contributed by atoms with E-state index in [4.69, 9.17) is 4.74 Å². The lowest BCUT2D eigenvalue weighted by Crippen LogP contribution is -2.36. The van der Waals surface area contributed by atoms with Crippen LogP contribution in [-0.2, 0) is 14.8 Å². The SMILES string of the molecule is CCOC(=O)c1cn[nH]c1S(=O)(=O)N1CCCCC1. The zero-order chi connectivity index (χ0) is 13.9. The Hall–Kier alpha value is -1.41. The van der Waals surface area contributed by atoms with Gasteiger partial charge in [0, 0.05) is 13.1 Å². The third-order valence-corrected chi connectivity index (χ3v) is 4.88. The molecule has 1 saturated heterocycles. The van der Waals surface area contributed by atoms with Crippen LogP contribution in [0.3, 0.4) is 0 Å². The van der Waals surface area contributed by atoms with Gasteiger partial charge >= 0.3 is 5.97 Å². The summed E-state index contributed by atoms with van der Waals surface area (Å²) in [4.78, 5) is 11.7. The summed E-state index contributed by atoms with van der Waals surface area (Å²) < 4.78 is 31.1. The fraction of sp³-hybridized carbons (Fsp3) is 0.636. The Morgan fingerprint density at radius 2 is 2.11 bits per heavy atom. The summed E-state index contributed by atoms with van der Waals surface area (Å²) in [5.74, 6) is -0.674. The minimum absolute atomic E-state index is 0.0348. The van der Waals surface area contributed by atoms with Crippen LogP contribution in [0.25, 0.3) is 0 Å². The number of rotatable bonds is 4. The molecule has 106 valence electrons. The van der Waals surface area contributed by atoms with Crippen molar-refractivity contribution in [2.75, 3.05) is 19.7 Å². The standard InChI is InChI=1S/C11H17N3O4S/c1-2-18-11(15)9-8-12-13-10(9)19(16,17)14-6-4-3-5-7-14/h8H,2-7H2,1H3,(H,12,13). The van der Waals surface area contributed by atoms with Crippen molar-refractivity contribution in [3.63, 3.8) is 0 Å². The monoisotopic (exact) mass is 287 g/mol. The van der Waals surface area contributed by atoms with Crippen LogP contribution in [0, 0.1) is 0 Å². The summed E-state index contributed by atoms with van der Waals surface area (Å²) in [6.07, 6.45) is 3.89. The highest BCUT2D eigenvalue weighted by atomic mass is 32.2. The Bertz CT molecular complexity index is 546. The molecule has 0 bridgehead atoms. The quantitative estimate of drug-likeness (QED) is 0.825. The van der Waals surface area contributed by atoms with Gasteiger partial charge in [-0.2, -0.15) is 9.40 Å². The van der Waals surface area contributed by atoms with Crippen molar-refractivity contribution in [2.45, 2.75) is 31.2 Å². The first kappa shape index (κ1) is 14.0. The van der Waals surface area contributed by atoms with Crippen molar-refractivity contribution in [3.05, 3.63) is 11.8 Å². The second kappa shape index (κ2) is 5.70. The van der Waals surface area contributed by atoms with Crippen LogP contribution in [0.15, 0.2) is 11.2 Å². The number of aromatic nitrogens is 2. The summed E-state index contributed by atoms with van der Waals surface area (Å²) in [6, 6.07) is 0. The van der Waals surface area contributed by atoms with Gasteiger partial charge in [0.15, 0.2) is 5.03 Å². The van der Waals surface area contributed by atoms with Gasteiger partial charge in [-0.25, -0.2) is 13.2 Å². The molecular weight excluding hydrogens is 270 g/mol. The number of carbonyl (C=O) groups excluding carboxylic acids is 1. The lowest BCUT2D eigenvalue weighted by atomic mass is 10.2. The molecule has 0 unspecified atom stereocenters. The zero-order valence-electron chi connectivity index (χ0n) is 10.8. The molecule has 1 fully saturated rings. The van der Waals surface area contributed by atoms with E-state index in [1.165, 1.54) is 10.5 Å². The molecule has 0 radical (unpaired) electrons. The smallest absolute Gasteiger partial charge is 0.342 e. The van der Waals surface area contributed by atoms with Gasteiger partial charge in [0.05, 0.1) is 12.8 Å². The van der Waals surface area contributed by atoms with E-state index in [0.717, 1.165) is 19.3 Å². The van der Waals surface area contributed by atoms with Crippen molar-refractivity contribution < 1.29 is 17.9 Å².